The van der Waals surface area contributed by atoms with Crippen LogP contribution in [0.5, 0.6) is 0 Å². The summed E-state index contributed by atoms with van der Waals surface area (Å²) in [5.74, 6) is 0. The Labute approximate surface area is 50.7 Å². The lowest BCUT2D eigenvalue weighted by Gasteiger charge is -2.15. The van der Waals surface area contributed by atoms with Crippen molar-refractivity contribution in [3.63, 3.8) is 0 Å². The third-order valence-electron chi connectivity index (χ3n) is 1.27. The minimum absolute atomic E-state index is 0.389. The number of rotatable bonds is 2. The van der Waals surface area contributed by atoms with E-state index in [-0.39, 0.29) is 0 Å². The second-order valence-electron chi connectivity index (χ2n) is 2.17. The van der Waals surface area contributed by atoms with E-state index in [0.29, 0.717) is 12.5 Å². The summed E-state index contributed by atoms with van der Waals surface area (Å²) >= 11 is 0. The van der Waals surface area contributed by atoms with Crippen molar-refractivity contribution in [1.82, 2.24) is 4.90 Å². The second kappa shape index (κ2) is 3.45. The van der Waals surface area contributed by atoms with E-state index in [2.05, 4.69) is 6.07 Å². The van der Waals surface area contributed by atoms with Crippen LogP contribution in [-0.4, -0.2) is 25.0 Å². The lowest BCUT2D eigenvalue weighted by atomic mass is 10.2. The van der Waals surface area contributed by atoms with Crippen LogP contribution < -0.4 is 0 Å². The fourth-order valence-electron chi connectivity index (χ4n) is 0.315. The number of nitriles is 1. The Morgan fingerprint density at radius 3 is 2.25 bits per heavy atom. The maximum absolute atomic E-state index is 8.21. The Hall–Kier alpha value is -0.550. The first kappa shape index (κ1) is 7.45. The summed E-state index contributed by atoms with van der Waals surface area (Å²) in [5.41, 5.74) is 0. The monoisotopic (exact) mass is 112 g/mol. The predicted octanol–water partition coefficient (Wildman–Crippen LogP) is 0.850. The van der Waals surface area contributed by atoms with Gasteiger partial charge in [-0.1, -0.05) is 0 Å². The van der Waals surface area contributed by atoms with Gasteiger partial charge in [0, 0.05) is 6.04 Å². The molecule has 1 unspecified atom stereocenters. The van der Waals surface area contributed by atoms with Gasteiger partial charge in [0.1, 0.15) is 0 Å². The van der Waals surface area contributed by atoms with Crippen LogP contribution in [0, 0.1) is 11.3 Å². The lowest BCUT2D eigenvalue weighted by molar-refractivity contribution is 0.318. The van der Waals surface area contributed by atoms with Crippen molar-refractivity contribution in [2.75, 3.05) is 14.1 Å². The first-order valence-electron chi connectivity index (χ1n) is 2.72. The summed E-state index contributed by atoms with van der Waals surface area (Å²) in [5, 5.41) is 8.21. The SMILES string of the molecule is CC(CC#N)N(C)C. The molecule has 0 aromatic rings. The molecule has 2 heteroatoms. The number of nitrogens with zero attached hydrogens (tertiary/aromatic N) is 2. The molecule has 0 bridgehead atoms. The summed E-state index contributed by atoms with van der Waals surface area (Å²) in [6, 6.07) is 2.50. The molecule has 0 aliphatic rings. The molecule has 0 radical (unpaired) electrons. The van der Waals surface area contributed by atoms with E-state index in [1.807, 2.05) is 25.9 Å². The summed E-state index contributed by atoms with van der Waals surface area (Å²) in [6.45, 7) is 2.03. The molecule has 0 saturated carbocycles. The van der Waals surface area contributed by atoms with E-state index in [1.165, 1.54) is 0 Å². The van der Waals surface area contributed by atoms with Crippen molar-refractivity contribution >= 4 is 0 Å². The molecule has 0 saturated heterocycles. The van der Waals surface area contributed by atoms with Crippen molar-refractivity contribution in [3.05, 3.63) is 0 Å². The highest BCUT2D eigenvalue weighted by Gasteiger charge is 2.00. The molecule has 2 nitrogen and oxygen atoms in total. The normalized spacial score (nSPS) is 13.4. The molecular weight excluding hydrogens is 100 g/mol. The van der Waals surface area contributed by atoms with Gasteiger partial charge in [-0.05, 0) is 21.0 Å². The molecule has 0 fully saturated rings. The molecule has 0 aliphatic carbocycles. The van der Waals surface area contributed by atoms with E-state index in [0.717, 1.165) is 0 Å². The highest BCUT2D eigenvalue weighted by Crippen LogP contribution is 1.94. The minimum Gasteiger partial charge on any atom is -0.306 e. The number of hydrogen-bond donors (Lipinski definition) is 0. The molecule has 0 aromatic carbocycles. The lowest BCUT2D eigenvalue weighted by Crippen LogP contribution is -2.23. The Bertz CT molecular complexity index is 91.2. The Balaban J connectivity index is 3.35. The third-order valence-corrected chi connectivity index (χ3v) is 1.27. The van der Waals surface area contributed by atoms with Gasteiger partial charge in [0.2, 0.25) is 0 Å². The third kappa shape index (κ3) is 2.59. The van der Waals surface area contributed by atoms with Crippen molar-refractivity contribution in [1.29, 1.82) is 5.26 Å². The molecule has 8 heavy (non-hydrogen) atoms. The summed E-state index contributed by atoms with van der Waals surface area (Å²) in [6.07, 6.45) is 0.618. The maximum Gasteiger partial charge on any atom is 0.0638 e. The summed E-state index contributed by atoms with van der Waals surface area (Å²) < 4.78 is 0. The highest BCUT2D eigenvalue weighted by atomic mass is 15.1. The van der Waals surface area contributed by atoms with Crippen LogP contribution in [-0.2, 0) is 0 Å². The fourth-order valence-corrected chi connectivity index (χ4v) is 0.315. The van der Waals surface area contributed by atoms with Crippen molar-refractivity contribution in [2.24, 2.45) is 0 Å². The van der Waals surface area contributed by atoms with Crippen LogP contribution in [0.4, 0.5) is 0 Å². The smallest absolute Gasteiger partial charge is 0.0638 e. The van der Waals surface area contributed by atoms with Gasteiger partial charge in [-0.15, -0.1) is 0 Å². The van der Waals surface area contributed by atoms with Gasteiger partial charge in [0.15, 0.2) is 0 Å². The Morgan fingerprint density at radius 2 is 2.12 bits per heavy atom. The fraction of sp³-hybridized carbons (Fsp3) is 0.833. The van der Waals surface area contributed by atoms with E-state index < -0.39 is 0 Å². The Kier molecular flexibility index (Phi) is 3.21. The van der Waals surface area contributed by atoms with E-state index in [9.17, 15) is 0 Å². The van der Waals surface area contributed by atoms with Crippen LogP contribution in [0.2, 0.25) is 0 Å². The van der Waals surface area contributed by atoms with Crippen molar-refractivity contribution < 1.29 is 0 Å². The molecule has 0 rings (SSSR count). The molecule has 46 valence electrons. The van der Waals surface area contributed by atoms with Crippen LogP contribution in [0.1, 0.15) is 13.3 Å². The molecule has 0 amide bonds. The average molecular weight is 112 g/mol. The summed E-state index contributed by atoms with van der Waals surface area (Å²) in [4.78, 5) is 2.03. The average Bonchev–Trinajstić information content (AvgIpc) is 1.67. The van der Waals surface area contributed by atoms with Crippen LogP contribution in [0.15, 0.2) is 0 Å². The van der Waals surface area contributed by atoms with E-state index in [1.54, 1.807) is 0 Å². The molecule has 0 spiro atoms. The van der Waals surface area contributed by atoms with Gasteiger partial charge >= 0.3 is 0 Å². The van der Waals surface area contributed by atoms with Gasteiger partial charge < -0.3 is 4.90 Å². The van der Waals surface area contributed by atoms with E-state index in [4.69, 9.17) is 5.26 Å². The van der Waals surface area contributed by atoms with Gasteiger partial charge in [-0.2, -0.15) is 5.26 Å². The maximum atomic E-state index is 8.21. The topological polar surface area (TPSA) is 27.0 Å². The predicted molar refractivity (Wildman–Crippen MR) is 33.4 cm³/mol. The highest BCUT2D eigenvalue weighted by molar-refractivity contribution is 4.76. The molecular formula is C6H12N2. The second-order valence-corrected chi connectivity index (χ2v) is 2.17. The standard InChI is InChI=1S/C6H12N2/c1-6(4-5-7)8(2)3/h6H,4H2,1-3H3. The Morgan fingerprint density at radius 1 is 1.62 bits per heavy atom. The molecule has 0 aliphatic heterocycles. The van der Waals surface area contributed by atoms with Crippen molar-refractivity contribution in [2.45, 2.75) is 19.4 Å². The quantitative estimate of drug-likeness (QED) is 0.529. The molecule has 0 N–H and O–H groups in total. The summed E-state index contributed by atoms with van der Waals surface area (Å²) in [7, 11) is 3.95. The van der Waals surface area contributed by atoms with Gasteiger partial charge in [-0.3, -0.25) is 0 Å². The van der Waals surface area contributed by atoms with Gasteiger partial charge in [0.25, 0.3) is 0 Å². The zero-order valence-corrected chi connectivity index (χ0v) is 5.68. The van der Waals surface area contributed by atoms with Crippen LogP contribution in [0.25, 0.3) is 0 Å². The van der Waals surface area contributed by atoms with Crippen LogP contribution in [0.3, 0.4) is 0 Å². The first-order valence-corrected chi connectivity index (χ1v) is 2.72. The minimum atomic E-state index is 0.389. The van der Waals surface area contributed by atoms with E-state index >= 15 is 0 Å². The molecule has 1 atom stereocenters. The molecule has 0 aromatic heterocycles. The zero-order chi connectivity index (χ0) is 6.57. The van der Waals surface area contributed by atoms with Gasteiger partial charge in [-0.25, -0.2) is 0 Å². The number of hydrogen-bond acceptors (Lipinski definition) is 2. The largest absolute Gasteiger partial charge is 0.306 e. The van der Waals surface area contributed by atoms with Gasteiger partial charge in [0.05, 0.1) is 12.5 Å². The van der Waals surface area contributed by atoms with Crippen molar-refractivity contribution in [3.8, 4) is 6.07 Å². The molecule has 0 heterocycles. The van der Waals surface area contributed by atoms with Crippen LogP contribution >= 0.6 is 0 Å². The zero-order valence-electron chi connectivity index (χ0n) is 5.68. The first-order chi connectivity index (χ1) is 3.68.